The molecule has 3 heteroatoms. The van der Waals surface area contributed by atoms with Crippen molar-refractivity contribution in [3.05, 3.63) is 22.8 Å². The number of thioether (sulfide) groups is 1. The Balaban J connectivity index is 2.82. The Bertz CT molecular complexity index is 136. The maximum atomic E-state index is 6.52. The van der Waals surface area contributed by atoms with E-state index in [0.29, 0.717) is 13.1 Å². The summed E-state index contributed by atoms with van der Waals surface area (Å²) < 4.78 is 0. The smallest absolute Gasteiger partial charge is 0.215 e. The van der Waals surface area contributed by atoms with Gasteiger partial charge < -0.3 is 9.69 Å². The second-order valence-electron chi connectivity index (χ2n) is 2.08. The molecule has 0 saturated heterocycles. The number of rotatable bonds is 6. The van der Waals surface area contributed by atoms with Gasteiger partial charge >= 0.3 is 0 Å². The summed E-state index contributed by atoms with van der Waals surface area (Å²) in [7, 11) is 0. The monoisotopic (exact) mass is 168 g/mol. The highest BCUT2D eigenvalue weighted by Crippen LogP contribution is 2.04. The third-order valence-corrected chi connectivity index (χ3v) is 2.27. The van der Waals surface area contributed by atoms with E-state index in [0.717, 1.165) is 24.3 Å². The Morgan fingerprint density at radius 2 is 1.36 bits per heavy atom. The summed E-state index contributed by atoms with van der Waals surface area (Å²) in [5, 5.41) is 0. The molecule has 0 aliphatic carbocycles. The fourth-order valence-corrected chi connectivity index (χ4v) is 1.46. The zero-order valence-electron chi connectivity index (χ0n) is 6.55. The summed E-state index contributed by atoms with van der Waals surface area (Å²) in [5.74, 6) is 2.14. The van der Waals surface area contributed by atoms with Gasteiger partial charge in [0.1, 0.15) is 0 Å². The third-order valence-electron chi connectivity index (χ3n) is 1.12. The molecule has 0 aromatic rings. The minimum atomic E-state index is 0.649. The fraction of sp³-hybridized carbons (Fsp3) is 0.750. The quantitative estimate of drug-likeness (QED) is 0.437. The van der Waals surface area contributed by atoms with Gasteiger partial charge in [-0.1, -0.05) is 0 Å². The first-order valence-electron chi connectivity index (χ1n) is 3.66. The third kappa shape index (κ3) is 9.33. The van der Waals surface area contributed by atoms with Gasteiger partial charge in [-0.2, -0.15) is 11.8 Å². The molecule has 0 aliphatic heterocycles. The lowest BCUT2D eigenvalue weighted by Gasteiger charge is -1.93. The maximum absolute atomic E-state index is 6.52. The topological polar surface area (TPSA) is 8.72 Å². The van der Waals surface area contributed by atoms with Crippen molar-refractivity contribution < 1.29 is 0 Å². The zero-order chi connectivity index (χ0) is 8.36. The van der Waals surface area contributed by atoms with Gasteiger partial charge in [0.15, 0.2) is 0 Å². The van der Waals surface area contributed by atoms with E-state index < -0.39 is 0 Å². The van der Waals surface area contributed by atoms with Crippen molar-refractivity contribution in [1.82, 2.24) is 0 Å². The molecule has 0 saturated carbocycles. The van der Waals surface area contributed by atoms with E-state index >= 15 is 0 Å². The predicted molar refractivity (Wildman–Crippen MR) is 49.5 cm³/mol. The molecule has 0 aliphatic rings. The van der Waals surface area contributed by atoms with Crippen LogP contribution in [0.25, 0.3) is 9.69 Å². The first kappa shape index (κ1) is 10.3. The number of nitrogens with zero attached hydrogens (tertiary/aromatic N) is 2. The molecule has 0 amide bonds. The minimum absolute atomic E-state index is 0.649. The predicted octanol–water partition coefficient (Wildman–Crippen LogP) is 2.34. The number of hydrogen-bond acceptors (Lipinski definition) is 1. The number of hydrogen-bond donors (Lipinski definition) is 0. The van der Waals surface area contributed by atoms with Crippen molar-refractivity contribution in [2.75, 3.05) is 24.6 Å². The average molecular weight is 168 g/mol. The first-order valence-corrected chi connectivity index (χ1v) is 4.81. The first-order chi connectivity index (χ1) is 5.41. The lowest BCUT2D eigenvalue weighted by Crippen LogP contribution is -1.87. The van der Waals surface area contributed by atoms with Crippen LogP contribution in [0.1, 0.15) is 12.8 Å². The van der Waals surface area contributed by atoms with Crippen molar-refractivity contribution >= 4 is 11.8 Å². The molecule has 0 aromatic carbocycles. The highest BCUT2D eigenvalue weighted by Gasteiger charge is 1.92. The van der Waals surface area contributed by atoms with E-state index in [1.807, 2.05) is 11.8 Å². The molecule has 0 unspecified atom stereocenters. The SMILES string of the molecule is [C-]#[N+]CCCSCCC[N+]#[C-]. The minimum Gasteiger partial charge on any atom is -0.317 e. The highest BCUT2D eigenvalue weighted by molar-refractivity contribution is 7.99. The second-order valence-corrected chi connectivity index (χ2v) is 3.31. The van der Waals surface area contributed by atoms with Crippen LogP contribution in [0.15, 0.2) is 0 Å². The Labute approximate surface area is 72.6 Å². The van der Waals surface area contributed by atoms with E-state index in [1.165, 1.54) is 0 Å². The van der Waals surface area contributed by atoms with Crippen LogP contribution in [0.2, 0.25) is 0 Å². The summed E-state index contributed by atoms with van der Waals surface area (Å²) in [5.41, 5.74) is 0. The van der Waals surface area contributed by atoms with Crippen LogP contribution in [0.5, 0.6) is 0 Å². The van der Waals surface area contributed by atoms with Crippen LogP contribution < -0.4 is 0 Å². The van der Waals surface area contributed by atoms with Gasteiger partial charge in [-0.05, 0) is 0 Å². The Kier molecular flexibility index (Phi) is 8.76. The standard InChI is InChI=1S/C8H12N2S/c1-9-5-3-7-11-8-4-6-10-2/h3-8H2. The van der Waals surface area contributed by atoms with E-state index in [9.17, 15) is 0 Å². The summed E-state index contributed by atoms with van der Waals surface area (Å²) in [6.07, 6.45) is 1.98. The molecule has 0 bridgehead atoms. The van der Waals surface area contributed by atoms with Crippen molar-refractivity contribution in [1.29, 1.82) is 0 Å². The molecule has 2 nitrogen and oxygen atoms in total. The lowest BCUT2D eigenvalue weighted by molar-refractivity contribution is 1.02. The molecular formula is C8H12N2S. The Hall–Kier alpha value is -0.670. The van der Waals surface area contributed by atoms with Gasteiger partial charge in [-0.15, -0.1) is 0 Å². The normalized spacial score (nSPS) is 8.55. The summed E-state index contributed by atoms with van der Waals surface area (Å²) in [4.78, 5) is 6.52. The van der Waals surface area contributed by atoms with Crippen LogP contribution in [-0.4, -0.2) is 24.6 Å². The zero-order valence-corrected chi connectivity index (χ0v) is 7.36. The van der Waals surface area contributed by atoms with Crippen LogP contribution in [0, 0.1) is 13.1 Å². The fourth-order valence-electron chi connectivity index (χ4n) is 0.593. The van der Waals surface area contributed by atoms with Crippen LogP contribution in [0.3, 0.4) is 0 Å². The van der Waals surface area contributed by atoms with E-state index in [-0.39, 0.29) is 0 Å². The molecule has 0 radical (unpaired) electrons. The summed E-state index contributed by atoms with van der Waals surface area (Å²) >= 11 is 1.85. The van der Waals surface area contributed by atoms with Gasteiger partial charge in [0.25, 0.3) is 0 Å². The molecule has 0 fully saturated rings. The molecule has 0 atom stereocenters. The van der Waals surface area contributed by atoms with Gasteiger partial charge in [0.2, 0.25) is 13.1 Å². The van der Waals surface area contributed by atoms with Gasteiger partial charge in [0.05, 0.1) is 0 Å². The lowest BCUT2D eigenvalue weighted by atomic mass is 10.5. The highest BCUT2D eigenvalue weighted by atomic mass is 32.2. The molecule has 60 valence electrons. The Morgan fingerprint density at radius 3 is 1.73 bits per heavy atom. The van der Waals surface area contributed by atoms with Gasteiger partial charge in [-0.25, -0.2) is 13.1 Å². The van der Waals surface area contributed by atoms with Crippen LogP contribution in [-0.2, 0) is 0 Å². The molecule has 11 heavy (non-hydrogen) atoms. The average Bonchev–Trinajstić information content (AvgIpc) is 2.03. The molecule has 0 N–H and O–H groups in total. The second kappa shape index (κ2) is 9.33. The van der Waals surface area contributed by atoms with Crippen molar-refractivity contribution in [2.24, 2.45) is 0 Å². The summed E-state index contributed by atoms with van der Waals surface area (Å²) in [6.45, 7) is 14.3. The largest absolute Gasteiger partial charge is 0.317 e. The summed E-state index contributed by atoms with van der Waals surface area (Å²) in [6, 6.07) is 0. The Morgan fingerprint density at radius 1 is 0.909 bits per heavy atom. The van der Waals surface area contributed by atoms with E-state index in [4.69, 9.17) is 13.1 Å². The van der Waals surface area contributed by atoms with Crippen LogP contribution in [0.4, 0.5) is 0 Å². The van der Waals surface area contributed by atoms with Gasteiger partial charge in [-0.3, -0.25) is 0 Å². The van der Waals surface area contributed by atoms with Crippen molar-refractivity contribution in [3.8, 4) is 0 Å². The maximum Gasteiger partial charge on any atom is 0.215 e. The molecular weight excluding hydrogens is 156 g/mol. The van der Waals surface area contributed by atoms with Crippen molar-refractivity contribution in [2.45, 2.75) is 12.8 Å². The molecule has 0 aromatic heterocycles. The molecule has 0 rings (SSSR count). The van der Waals surface area contributed by atoms with E-state index in [1.54, 1.807) is 0 Å². The van der Waals surface area contributed by atoms with Crippen molar-refractivity contribution in [3.63, 3.8) is 0 Å². The van der Waals surface area contributed by atoms with E-state index in [2.05, 4.69) is 9.69 Å². The molecule has 0 heterocycles. The van der Waals surface area contributed by atoms with Crippen LogP contribution >= 0.6 is 11.8 Å². The molecule has 0 spiro atoms. The van der Waals surface area contributed by atoms with Gasteiger partial charge in [0, 0.05) is 24.3 Å².